The summed E-state index contributed by atoms with van der Waals surface area (Å²) in [7, 11) is 1.68. The molecule has 0 aliphatic carbocycles. The first-order chi connectivity index (χ1) is 9.04. The third kappa shape index (κ3) is 5.46. The molecule has 1 unspecified atom stereocenters. The molecule has 2 atom stereocenters. The second kappa shape index (κ2) is 7.99. The summed E-state index contributed by atoms with van der Waals surface area (Å²) in [6, 6.07) is 4.62. The summed E-state index contributed by atoms with van der Waals surface area (Å²) in [5, 5.41) is 31.8. The fraction of sp³-hybridized carbons (Fsp3) is 0.571. The van der Waals surface area contributed by atoms with E-state index < -0.39 is 6.10 Å². The molecule has 19 heavy (non-hydrogen) atoms. The Morgan fingerprint density at radius 1 is 1.26 bits per heavy atom. The Labute approximate surface area is 113 Å². The number of nitrogens with one attached hydrogen (secondary N) is 1. The SMILES string of the molecule is COCCCC(C)NC[C@H](O)c1ccc(O)c(O)c1. The zero-order chi connectivity index (χ0) is 14.3. The van der Waals surface area contributed by atoms with Gasteiger partial charge in [-0.25, -0.2) is 0 Å². The number of phenolic OH excluding ortho intramolecular Hbond substituents is 2. The predicted octanol–water partition coefficient (Wildman–Crippen LogP) is 1.54. The van der Waals surface area contributed by atoms with Gasteiger partial charge in [0.25, 0.3) is 0 Å². The molecule has 0 saturated heterocycles. The van der Waals surface area contributed by atoms with E-state index in [1.54, 1.807) is 13.2 Å². The summed E-state index contributed by atoms with van der Waals surface area (Å²) in [5.74, 6) is -0.401. The summed E-state index contributed by atoms with van der Waals surface area (Å²) in [6.07, 6.45) is 1.23. The lowest BCUT2D eigenvalue weighted by atomic mass is 10.1. The minimum Gasteiger partial charge on any atom is -0.504 e. The van der Waals surface area contributed by atoms with Gasteiger partial charge in [0.15, 0.2) is 11.5 Å². The smallest absolute Gasteiger partial charge is 0.157 e. The minimum atomic E-state index is -0.712. The molecule has 4 N–H and O–H groups in total. The number of aliphatic hydroxyl groups is 1. The van der Waals surface area contributed by atoms with Gasteiger partial charge in [-0.3, -0.25) is 0 Å². The van der Waals surface area contributed by atoms with E-state index in [9.17, 15) is 15.3 Å². The van der Waals surface area contributed by atoms with Crippen molar-refractivity contribution in [1.29, 1.82) is 0 Å². The van der Waals surface area contributed by atoms with Gasteiger partial charge >= 0.3 is 0 Å². The van der Waals surface area contributed by atoms with Gasteiger partial charge in [-0.1, -0.05) is 6.07 Å². The van der Waals surface area contributed by atoms with Gasteiger partial charge in [-0.05, 0) is 37.5 Å². The topological polar surface area (TPSA) is 82.0 Å². The van der Waals surface area contributed by atoms with E-state index in [1.165, 1.54) is 12.1 Å². The Morgan fingerprint density at radius 3 is 2.63 bits per heavy atom. The standard InChI is InChI=1S/C14H23NO4/c1-10(4-3-7-19-2)15-9-14(18)11-5-6-12(16)13(17)8-11/h5-6,8,10,14-18H,3-4,7,9H2,1-2H3/t10?,14-/m0/s1. The fourth-order valence-electron chi connectivity index (χ4n) is 1.81. The van der Waals surface area contributed by atoms with Gasteiger partial charge in [0, 0.05) is 26.3 Å². The van der Waals surface area contributed by atoms with Gasteiger partial charge in [0.2, 0.25) is 0 Å². The number of hydrogen-bond acceptors (Lipinski definition) is 5. The van der Waals surface area contributed by atoms with Crippen molar-refractivity contribution in [1.82, 2.24) is 5.32 Å². The Hall–Kier alpha value is -1.30. The first-order valence-corrected chi connectivity index (χ1v) is 6.47. The van der Waals surface area contributed by atoms with Gasteiger partial charge in [0.05, 0.1) is 6.10 Å². The van der Waals surface area contributed by atoms with E-state index in [-0.39, 0.29) is 17.5 Å². The van der Waals surface area contributed by atoms with E-state index in [2.05, 4.69) is 12.2 Å². The van der Waals surface area contributed by atoms with Crippen molar-refractivity contribution >= 4 is 0 Å². The first kappa shape index (κ1) is 15.8. The molecular weight excluding hydrogens is 246 g/mol. The summed E-state index contributed by atoms with van der Waals surface area (Å²) < 4.78 is 4.98. The van der Waals surface area contributed by atoms with Crippen LogP contribution in [-0.2, 0) is 4.74 Å². The molecule has 0 saturated carbocycles. The van der Waals surface area contributed by atoms with Crippen LogP contribution >= 0.6 is 0 Å². The van der Waals surface area contributed by atoms with Crippen molar-refractivity contribution in [3.63, 3.8) is 0 Å². The van der Waals surface area contributed by atoms with Gasteiger partial charge in [-0.15, -0.1) is 0 Å². The van der Waals surface area contributed by atoms with Gasteiger partial charge in [0.1, 0.15) is 0 Å². The molecule has 0 aliphatic heterocycles. The maximum Gasteiger partial charge on any atom is 0.157 e. The summed E-state index contributed by atoms with van der Waals surface area (Å²) >= 11 is 0. The second-order valence-electron chi connectivity index (χ2n) is 4.71. The maximum absolute atomic E-state index is 9.98. The zero-order valence-electron chi connectivity index (χ0n) is 11.5. The van der Waals surface area contributed by atoms with Crippen LogP contribution in [0.2, 0.25) is 0 Å². The molecule has 0 amide bonds. The Kier molecular flexibility index (Phi) is 6.62. The highest BCUT2D eigenvalue weighted by Crippen LogP contribution is 2.27. The molecule has 1 rings (SSSR count). The summed E-state index contributed by atoms with van der Waals surface area (Å²) in [4.78, 5) is 0. The lowest BCUT2D eigenvalue weighted by molar-refractivity contribution is 0.165. The lowest BCUT2D eigenvalue weighted by Gasteiger charge is -2.17. The van der Waals surface area contributed by atoms with Crippen molar-refractivity contribution < 1.29 is 20.1 Å². The number of rotatable bonds is 8. The van der Waals surface area contributed by atoms with Crippen LogP contribution in [0.3, 0.4) is 0 Å². The average Bonchev–Trinajstić information content (AvgIpc) is 2.39. The lowest BCUT2D eigenvalue weighted by Crippen LogP contribution is -2.30. The first-order valence-electron chi connectivity index (χ1n) is 6.47. The number of aromatic hydroxyl groups is 2. The maximum atomic E-state index is 9.98. The molecule has 1 aromatic carbocycles. The van der Waals surface area contributed by atoms with Crippen molar-refractivity contribution in [3.8, 4) is 11.5 Å². The molecule has 0 radical (unpaired) electrons. The molecule has 5 nitrogen and oxygen atoms in total. The Balaban J connectivity index is 2.37. The van der Waals surface area contributed by atoms with Gasteiger partial charge in [-0.2, -0.15) is 0 Å². The minimum absolute atomic E-state index is 0.183. The van der Waals surface area contributed by atoms with E-state index in [0.29, 0.717) is 12.1 Å². The Morgan fingerprint density at radius 2 is 2.00 bits per heavy atom. The normalized spacial score (nSPS) is 14.3. The largest absolute Gasteiger partial charge is 0.504 e. The van der Waals surface area contributed by atoms with Crippen LogP contribution < -0.4 is 5.32 Å². The highest BCUT2D eigenvalue weighted by Gasteiger charge is 2.11. The van der Waals surface area contributed by atoms with Crippen molar-refractivity contribution in [2.24, 2.45) is 0 Å². The monoisotopic (exact) mass is 269 g/mol. The highest BCUT2D eigenvalue weighted by atomic mass is 16.5. The van der Waals surface area contributed by atoms with Crippen LogP contribution in [0.1, 0.15) is 31.4 Å². The van der Waals surface area contributed by atoms with Crippen LogP contribution in [0.25, 0.3) is 0 Å². The molecule has 108 valence electrons. The molecule has 0 fully saturated rings. The number of ether oxygens (including phenoxy) is 1. The molecular formula is C14H23NO4. The van der Waals surface area contributed by atoms with Crippen molar-refractivity contribution in [2.75, 3.05) is 20.3 Å². The summed E-state index contributed by atoms with van der Waals surface area (Å²) in [5.41, 5.74) is 0.576. The zero-order valence-corrected chi connectivity index (χ0v) is 11.5. The Bertz CT molecular complexity index is 384. The van der Waals surface area contributed by atoms with E-state index in [0.717, 1.165) is 19.4 Å². The molecule has 0 heterocycles. The molecule has 0 spiro atoms. The molecule has 0 aromatic heterocycles. The second-order valence-corrected chi connectivity index (χ2v) is 4.71. The van der Waals surface area contributed by atoms with Crippen LogP contribution in [-0.4, -0.2) is 41.6 Å². The number of hydrogen-bond donors (Lipinski definition) is 4. The number of benzene rings is 1. The van der Waals surface area contributed by atoms with E-state index in [4.69, 9.17) is 4.74 Å². The number of aliphatic hydroxyl groups excluding tert-OH is 1. The molecule has 0 bridgehead atoms. The van der Waals surface area contributed by atoms with Gasteiger partial charge < -0.3 is 25.4 Å². The van der Waals surface area contributed by atoms with Crippen molar-refractivity contribution in [3.05, 3.63) is 23.8 Å². The van der Waals surface area contributed by atoms with Crippen molar-refractivity contribution in [2.45, 2.75) is 31.9 Å². The van der Waals surface area contributed by atoms with Crippen LogP contribution in [0.4, 0.5) is 0 Å². The molecule has 5 heteroatoms. The third-order valence-electron chi connectivity index (χ3n) is 3.03. The van der Waals surface area contributed by atoms with E-state index in [1.807, 2.05) is 0 Å². The van der Waals surface area contributed by atoms with E-state index >= 15 is 0 Å². The highest BCUT2D eigenvalue weighted by molar-refractivity contribution is 5.41. The number of phenols is 2. The van der Waals surface area contributed by atoms with Crippen LogP contribution in [0.5, 0.6) is 11.5 Å². The average molecular weight is 269 g/mol. The third-order valence-corrected chi connectivity index (χ3v) is 3.03. The quantitative estimate of drug-likeness (QED) is 0.425. The molecule has 1 aromatic rings. The van der Waals surface area contributed by atoms with Crippen LogP contribution in [0, 0.1) is 0 Å². The number of methoxy groups -OCH3 is 1. The fourth-order valence-corrected chi connectivity index (χ4v) is 1.81. The van der Waals surface area contributed by atoms with Crippen LogP contribution in [0.15, 0.2) is 18.2 Å². The summed E-state index contributed by atoms with van der Waals surface area (Å²) in [6.45, 7) is 3.19. The molecule has 0 aliphatic rings. The predicted molar refractivity (Wildman–Crippen MR) is 73.3 cm³/mol.